The molecule has 0 fully saturated rings. The van der Waals surface area contributed by atoms with Gasteiger partial charge in [0.05, 0.1) is 17.8 Å². The van der Waals surface area contributed by atoms with Crippen molar-refractivity contribution in [2.45, 2.75) is 20.3 Å². The number of ether oxygens (including phenoxy) is 1. The first kappa shape index (κ1) is 13.0. The predicted molar refractivity (Wildman–Crippen MR) is 69.4 cm³/mol. The highest BCUT2D eigenvalue weighted by Crippen LogP contribution is 2.22. The second kappa shape index (κ2) is 5.48. The number of hydrogen-bond donors (Lipinski definition) is 1. The quantitative estimate of drug-likeness (QED) is 0.912. The fraction of sp³-hybridized carbons (Fsp3) is 0.214. The van der Waals surface area contributed by atoms with Gasteiger partial charge in [-0.05, 0) is 31.5 Å². The highest BCUT2D eigenvalue weighted by Gasteiger charge is 2.06. The molecule has 1 aromatic carbocycles. The van der Waals surface area contributed by atoms with Gasteiger partial charge in [-0.25, -0.2) is 4.98 Å². The van der Waals surface area contributed by atoms with E-state index in [-0.39, 0.29) is 6.42 Å². The largest absolute Gasteiger partial charge is 0.481 e. The van der Waals surface area contributed by atoms with E-state index in [1.165, 1.54) is 0 Å². The van der Waals surface area contributed by atoms with Crippen LogP contribution in [0, 0.1) is 13.8 Å². The number of benzene rings is 1. The van der Waals surface area contributed by atoms with Crippen molar-refractivity contribution in [2.24, 2.45) is 0 Å². The first-order chi connectivity index (χ1) is 9.04. The lowest BCUT2D eigenvalue weighted by molar-refractivity contribution is -0.136. The fourth-order valence-electron chi connectivity index (χ4n) is 1.57. The number of carbonyl (C=O) groups is 1. The minimum Gasteiger partial charge on any atom is -0.481 e. The average molecular weight is 258 g/mol. The van der Waals surface area contributed by atoms with Gasteiger partial charge in [-0.1, -0.05) is 12.1 Å². The van der Waals surface area contributed by atoms with Gasteiger partial charge in [0.1, 0.15) is 5.75 Å². The number of carboxylic acids is 1. The van der Waals surface area contributed by atoms with E-state index in [1.54, 1.807) is 30.5 Å². The van der Waals surface area contributed by atoms with Gasteiger partial charge in [-0.2, -0.15) is 0 Å². The molecule has 2 aromatic rings. The Morgan fingerprint density at radius 3 is 2.58 bits per heavy atom. The van der Waals surface area contributed by atoms with Crippen molar-refractivity contribution in [2.75, 3.05) is 0 Å². The summed E-state index contributed by atoms with van der Waals surface area (Å²) in [5.74, 6) is 0.220. The molecule has 1 N–H and O–H groups in total. The lowest BCUT2D eigenvalue weighted by Crippen LogP contribution is -2.00. The molecule has 5 heteroatoms. The molecule has 0 aliphatic rings. The molecule has 0 spiro atoms. The monoisotopic (exact) mass is 258 g/mol. The highest BCUT2D eigenvalue weighted by molar-refractivity contribution is 5.70. The number of nitrogens with zero attached hydrogens (tertiary/aromatic N) is 2. The second-order valence-electron chi connectivity index (χ2n) is 4.22. The van der Waals surface area contributed by atoms with E-state index >= 15 is 0 Å². The van der Waals surface area contributed by atoms with E-state index in [1.807, 2.05) is 13.8 Å². The Bertz CT molecular complexity index is 594. The normalized spacial score (nSPS) is 10.2. The number of rotatable bonds is 4. The van der Waals surface area contributed by atoms with Crippen molar-refractivity contribution in [1.29, 1.82) is 0 Å². The zero-order valence-electron chi connectivity index (χ0n) is 10.8. The molecule has 0 radical (unpaired) electrons. The SMILES string of the molecule is Cc1cnc(C)c(Oc2ccc(CC(=O)O)cc2)n1. The van der Waals surface area contributed by atoms with Crippen molar-refractivity contribution < 1.29 is 14.6 Å². The number of hydrogen-bond acceptors (Lipinski definition) is 4. The molecule has 0 atom stereocenters. The van der Waals surface area contributed by atoms with Crippen LogP contribution in [0.4, 0.5) is 0 Å². The van der Waals surface area contributed by atoms with Gasteiger partial charge in [0.2, 0.25) is 5.88 Å². The molecular formula is C14H14N2O3. The fourth-order valence-corrected chi connectivity index (χ4v) is 1.57. The van der Waals surface area contributed by atoms with Gasteiger partial charge in [-0.15, -0.1) is 0 Å². The second-order valence-corrected chi connectivity index (χ2v) is 4.22. The Morgan fingerprint density at radius 1 is 1.26 bits per heavy atom. The minimum atomic E-state index is -0.853. The Labute approximate surface area is 110 Å². The minimum absolute atomic E-state index is 0.00353. The summed E-state index contributed by atoms with van der Waals surface area (Å²) in [6, 6.07) is 6.90. The van der Waals surface area contributed by atoms with Crippen molar-refractivity contribution in [1.82, 2.24) is 9.97 Å². The molecule has 1 aromatic heterocycles. The summed E-state index contributed by atoms with van der Waals surface area (Å²) in [6.45, 7) is 3.66. The summed E-state index contributed by atoms with van der Waals surface area (Å²) in [7, 11) is 0. The van der Waals surface area contributed by atoms with Crippen LogP contribution in [-0.4, -0.2) is 21.0 Å². The van der Waals surface area contributed by atoms with Gasteiger partial charge in [0.15, 0.2) is 0 Å². The summed E-state index contributed by atoms with van der Waals surface area (Å²) < 4.78 is 5.63. The summed E-state index contributed by atoms with van der Waals surface area (Å²) in [5.41, 5.74) is 2.22. The van der Waals surface area contributed by atoms with Crippen molar-refractivity contribution in [3.63, 3.8) is 0 Å². The van der Waals surface area contributed by atoms with Crippen LogP contribution in [-0.2, 0) is 11.2 Å². The van der Waals surface area contributed by atoms with Crippen LogP contribution in [0.2, 0.25) is 0 Å². The molecule has 0 aliphatic carbocycles. The number of carboxylic acid groups (broad SMARTS) is 1. The first-order valence-corrected chi connectivity index (χ1v) is 5.83. The predicted octanol–water partition coefficient (Wildman–Crippen LogP) is 2.51. The van der Waals surface area contributed by atoms with E-state index in [0.29, 0.717) is 17.3 Å². The molecule has 98 valence electrons. The summed E-state index contributed by atoms with van der Waals surface area (Å²) in [6.07, 6.45) is 1.68. The van der Waals surface area contributed by atoms with Crippen LogP contribution in [0.5, 0.6) is 11.6 Å². The molecular weight excluding hydrogens is 244 g/mol. The third kappa shape index (κ3) is 3.51. The topological polar surface area (TPSA) is 72.3 Å². The Kier molecular flexibility index (Phi) is 3.75. The van der Waals surface area contributed by atoms with Gasteiger partial charge < -0.3 is 9.84 Å². The van der Waals surface area contributed by atoms with Gasteiger partial charge in [-0.3, -0.25) is 9.78 Å². The maximum absolute atomic E-state index is 10.6. The van der Waals surface area contributed by atoms with Crippen LogP contribution in [0.3, 0.4) is 0 Å². The van der Waals surface area contributed by atoms with Crippen LogP contribution in [0.25, 0.3) is 0 Å². The third-order valence-electron chi connectivity index (χ3n) is 2.53. The van der Waals surface area contributed by atoms with E-state index in [0.717, 1.165) is 11.3 Å². The molecule has 0 saturated heterocycles. The van der Waals surface area contributed by atoms with Crippen LogP contribution >= 0.6 is 0 Å². The van der Waals surface area contributed by atoms with E-state index < -0.39 is 5.97 Å². The maximum atomic E-state index is 10.6. The maximum Gasteiger partial charge on any atom is 0.307 e. The molecule has 5 nitrogen and oxygen atoms in total. The number of aromatic nitrogens is 2. The smallest absolute Gasteiger partial charge is 0.307 e. The van der Waals surface area contributed by atoms with Crippen LogP contribution in [0.1, 0.15) is 17.0 Å². The number of aliphatic carboxylic acids is 1. The lowest BCUT2D eigenvalue weighted by Gasteiger charge is -2.08. The summed E-state index contributed by atoms with van der Waals surface area (Å²) >= 11 is 0. The van der Waals surface area contributed by atoms with Crippen molar-refractivity contribution in [3.05, 3.63) is 47.4 Å². The van der Waals surface area contributed by atoms with Crippen molar-refractivity contribution >= 4 is 5.97 Å². The van der Waals surface area contributed by atoms with Gasteiger partial charge >= 0.3 is 5.97 Å². The average Bonchev–Trinajstić information content (AvgIpc) is 2.35. The lowest BCUT2D eigenvalue weighted by atomic mass is 10.1. The standard InChI is InChI=1S/C14H14N2O3/c1-9-8-15-10(2)14(16-9)19-12-5-3-11(4-6-12)7-13(17)18/h3-6,8H,7H2,1-2H3,(H,17,18). The Balaban J connectivity index is 2.15. The number of aryl methyl sites for hydroxylation is 2. The molecule has 2 rings (SSSR count). The first-order valence-electron chi connectivity index (χ1n) is 5.83. The molecule has 0 bridgehead atoms. The van der Waals surface area contributed by atoms with Gasteiger partial charge in [0.25, 0.3) is 0 Å². The Hall–Kier alpha value is -2.43. The third-order valence-corrected chi connectivity index (χ3v) is 2.53. The highest BCUT2D eigenvalue weighted by atomic mass is 16.5. The molecule has 0 aliphatic heterocycles. The molecule has 0 saturated carbocycles. The molecule has 0 unspecified atom stereocenters. The van der Waals surface area contributed by atoms with Crippen LogP contribution < -0.4 is 4.74 Å². The molecule has 19 heavy (non-hydrogen) atoms. The van der Waals surface area contributed by atoms with E-state index in [2.05, 4.69) is 9.97 Å². The zero-order chi connectivity index (χ0) is 13.8. The molecule has 0 amide bonds. The van der Waals surface area contributed by atoms with E-state index in [9.17, 15) is 4.79 Å². The molecule has 1 heterocycles. The Morgan fingerprint density at radius 2 is 1.95 bits per heavy atom. The van der Waals surface area contributed by atoms with Crippen molar-refractivity contribution in [3.8, 4) is 11.6 Å². The zero-order valence-corrected chi connectivity index (χ0v) is 10.8. The van der Waals surface area contributed by atoms with Crippen LogP contribution in [0.15, 0.2) is 30.5 Å². The summed E-state index contributed by atoms with van der Waals surface area (Å²) in [4.78, 5) is 19.0. The summed E-state index contributed by atoms with van der Waals surface area (Å²) in [5, 5.41) is 8.69. The van der Waals surface area contributed by atoms with E-state index in [4.69, 9.17) is 9.84 Å². The van der Waals surface area contributed by atoms with Gasteiger partial charge in [0, 0.05) is 6.20 Å².